The average Bonchev–Trinajstić information content (AvgIpc) is 2.52. The lowest BCUT2D eigenvalue weighted by Crippen LogP contribution is -2.31. The third-order valence-corrected chi connectivity index (χ3v) is 4.35. The molecule has 3 nitrogen and oxygen atoms in total. The first kappa shape index (κ1) is 10.1. The van der Waals surface area contributed by atoms with Crippen molar-refractivity contribution in [2.75, 3.05) is 0 Å². The average molecular weight is 220 g/mol. The number of fused-ring (bicyclic) bond motifs is 2. The Balaban J connectivity index is 1.88. The second-order valence-corrected chi connectivity index (χ2v) is 5.27. The molecule has 1 saturated carbocycles. The SMILES string of the molecule is CC1OC(=O)C2CC3=CC(=O)CCC3CC12. The van der Waals surface area contributed by atoms with E-state index >= 15 is 0 Å². The van der Waals surface area contributed by atoms with Gasteiger partial charge in [0.05, 0.1) is 5.92 Å². The lowest BCUT2D eigenvalue weighted by molar-refractivity contribution is -0.143. The van der Waals surface area contributed by atoms with Gasteiger partial charge in [-0.1, -0.05) is 5.57 Å². The first-order valence-corrected chi connectivity index (χ1v) is 6.09. The van der Waals surface area contributed by atoms with Crippen molar-refractivity contribution in [3.05, 3.63) is 11.6 Å². The van der Waals surface area contributed by atoms with Crippen molar-refractivity contribution < 1.29 is 14.3 Å². The molecule has 0 radical (unpaired) electrons. The molecule has 3 aliphatic rings. The molecule has 0 spiro atoms. The maximum atomic E-state index is 11.6. The van der Waals surface area contributed by atoms with Crippen molar-refractivity contribution in [1.29, 1.82) is 0 Å². The van der Waals surface area contributed by atoms with Crippen LogP contribution in [0.25, 0.3) is 0 Å². The van der Waals surface area contributed by atoms with E-state index in [1.54, 1.807) is 6.08 Å². The monoisotopic (exact) mass is 220 g/mol. The van der Waals surface area contributed by atoms with E-state index < -0.39 is 0 Å². The van der Waals surface area contributed by atoms with E-state index in [1.807, 2.05) is 6.92 Å². The van der Waals surface area contributed by atoms with Gasteiger partial charge in [-0.05, 0) is 38.2 Å². The second kappa shape index (κ2) is 3.44. The first-order chi connectivity index (χ1) is 7.65. The molecule has 0 amide bonds. The highest BCUT2D eigenvalue weighted by Gasteiger charge is 2.47. The van der Waals surface area contributed by atoms with Gasteiger partial charge in [0.25, 0.3) is 0 Å². The summed E-state index contributed by atoms with van der Waals surface area (Å²) in [5.41, 5.74) is 1.20. The van der Waals surface area contributed by atoms with Crippen LogP contribution in [0, 0.1) is 17.8 Å². The number of cyclic esters (lactones) is 1. The van der Waals surface area contributed by atoms with Crippen LogP contribution in [-0.2, 0) is 14.3 Å². The molecule has 0 N–H and O–H groups in total. The molecule has 4 unspecified atom stereocenters. The Hall–Kier alpha value is -1.12. The Morgan fingerprint density at radius 2 is 2.19 bits per heavy atom. The summed E-state index contributed by atoms with van der Waals surface area (Å²) in [6.07, 6.45) is 5.27. The molecule has 0 aromatic carbocycles. The molecule has 3 heteroatoms. The molecule has 1 saturated heterocycles. The molecule has 2 aliphatic carbocycles. The number of hydrogen-bond acceptors (Lipinski definition) is 3. The van der Waals surface area contributed by atoms with Gasteiger partial charge in [0, 0.05) is 12.3 Å². The minimum atomic E-state index is -0.0603. The minimum Gasteiger partial charge on any atom is -0.462 e. The number of allylic oxidation sites excluding steroid dienone is 2. The molecule has 0 bridgehead atoms. The van der Waals surface area contributed by atoms with Crippen molar-refractivity contribution in [3.63, 3.8) is 0 Å². The predicted octanol–water partition coefficient (Wildman–Crippen LogP) is 1.86. The van der Waals surface area contributed by atoms with E-state index in [9.17, 15) is 9.59 Å². The van der Waals surface area contributed by atoms with Crippen molar-refractivity contribution in [3.8, 4) is 0 Å². The smallest absolute Gasteiger partial charge is 0.309 e. The quantitative estimate of drug-likeness (QED) is 0.585. The molecule has 1 heterocycles. The summed E-state index contributed by atoms with van der Waals surface area (Å²) in [6, 6.07) is 0. The van der Waals surface area contributed by atoms with Crippen LogP contribution in [0.15, 0.2) is 11.6 Å². The van der Waals surface area contributed by atoms with Crippen LogP contribution in [0.4, 0.5) is 0 Å². The van der Waals surface area contributed by atoms with Crippen molar-refractivity contribution >= 4 is 11.8 Å². The van der Waals surface area contributed by atoms with Crippen LogP contribution in [0.3, 0.4) is 0 Å². The zero-order valence-electron chi connectivity index (χ0n) is 9.44. The maximum Gasteiger partial charge on any atom is 0.309 e. The van der Waals surface area contributed by atoms with Crippen LogP contribution < -0.4 is 0 Å². The van der Waals surface area contributed by atoms with Crippen LogP contribution >= 0.6 is 0 Å². The van der Waals surface area contributed by atoms with Gasteiger partial charge in [0.15, 0.2) is 5.78 Å². The van der Waals surface area contributed by atoms with Crippen LogP contribution in [0.1, 0.15) is 32.6 Å². The summed E-state index contributed by atoms with van der Waals surface area (Å²) in [5.74, 6) is 1.08. The molecule has 0 aromatic rings. The fourth-order valence-electron chi connectivity index (χ4n) is 3.43. The van der Waals surface area contributed by atoms with Crippen molar-refractivity contribution in [1.82, 2.24) is 0 Å². The summed E-state index contributed by atoms with van der Waals surface area (Å²) < 4.78 is 5.29. The highest BCUT2D eigenvalue weighted by atomic mass is 16.6. The fourth-order valence-corrected chi connectivity index (χ4v) is 3.43. The Labute approximate surface area is 94.8 Å². The van der Waals surface area contributed by atoms with Crippen molar-refractivity contribution in [2.24, 2.45) is 17.8 Å². The second-order valence-electron chi connectivity index (χ2n) is 5.27. The third-order valence-electron chi connectivity index (χ3n) is 4.35. The molecule has 3 rings (SSSR count). The minimum absolute atomic E-state index is 0.0170. The summed E-state index contributed by atoms with van der Waals surface area (Å²) in [7, 11) is 0. The lowest BCUT2D eigenvalue weighted by Gasteiger charge is -2.34. The Morgan fingerprint density at radius 3 is 3.00 bits per heavy atom. The first-order valence-electron chi connectivity index (χ1n) is 6.09. The highest BCUT2D eigenvalue weighted by Crippen LogP contribution is 2.47. The van der Waals surface area contributed by atoms with Crippen LogP contribution in [0.2, 0.25) is 0 Å². The van der Waals surface area contributed by atoms with Gasteiger partial charge in [-0.3, -0.25) is 9.59 Å². The third kappa shape index (κ3) is 1.41. The number of carbonyl (C=O) groups excluding carboxylic acids is 2. The van der Waals surface area contributed by atoms with E-state index in [1.165, 1.54) is 5.57 Å². The van der Waals surface area contributed by atoms with Gasteiger partial charge in [-0.25, -0.2) is 0 Å². The summed E-state index contributed by atoms with van der Waals surface area (Å²) in [4.78, 5) is 23.0. The molecule has 2 fully saturated rings. The number of ether oxygens (including phenoxy) is 1. The lowest BCUT2D eigenvalue weighted by atomic mass is 9.67. The van der Waals surface area contributed by atoms with Gasteiger partial charge in [0.2, 0.25) is 0 Å². The molecular weight excluding hydrogens is 204 g/mol. The number of rotatable bonds is 0. The van der Waals surface area contributed by atoms with Gasteiger partial charge in [-0.2, -0.15) is 0 Å². The molecular formula is C13H16O3. The van der Waals surface area contributed by atoms with Gasteiger partial charge in [-0.15, -0.1) is 0 Å². The molecule has 86 valence electrons. The molecule has 1 aliphatic heterocycles. The number of esters is 1. The van der Waals surface area contributed by atoms with Gasteiger partial charge >= 0.3 is 5.97 Å². The van der Waals surface area contributed by atoms with E-state index in [2.05, 4.69) is 0 Å². The number of hydrogen-bond donors (Lipinski definition) is 0. The summed E-state index contributed by atoms with van der Waals surface area (Å²) in [6.45, 7) is 1.99. The summed E-state index contributed by atoms with van der Waals surface area (Å²) >= 11 is 0. The Morgan fingerprint density at radius 1 is 1.38 bits per heavy atom. The normalized spacial score (nSPS) is 42.2. The van der Waals surface area contributed by atoms with Crippen LogP contribution in [0.5, 0.6) is 0 Å². The van der Waals surface area contributed by atoms with Gasteiger partial charge < -0.3 is 4.74 Å². The fraction of sp³-hybridized carbons (Fsp3) is 0.692. The summed E-state index contributed by atoms with van der Waals surface area (Å²) in [5, 5.41) is 0. The van der Waals surface area contributed by atoms with Gasteiger partial charge in [0.1, 0.15) is 6.10 Å². The van der Waals surface area contributed by atoms with Crippen LogP contribution in [-0.4, -0.2) is 17.9 Å². The Kier molecular flexibility index (Phi) is 2.16. The van der Waals surface area contributed by atoms with E-state index in [4.69, 9.17) is 4.74 Å². The maximum absolute atomic E-state index is 11.6. The highest BCUT2D eigenvalue weighted by molar-refractivity contribution is 5.91. The topological polar surface area (TPSA) is 43.4 Å². The molecule has 4 atom stereocenters. The zero-order chi connectivity index (χ0) is 11.3. The van der Waals surface area contributed by atoms with E-state index in [-0.39, 0.29) is 23.8 Å². The number of carbonyl (C=O) groups is 2. The molecule has 0 aromatic heterocycles. The Bertz CT molecular complexity index is 383. The standard InChI is InChI=1S/C13H16O3/c1-7-11-5-8-2-3-10(14)4-9(8)6-12(11)13(15)16-7/h4,7-8,11-12H,2-3,5-6H2,1H3. The largest absolute Gasteiger partial charge is 0.462 e. The predicted molar refractivity (Wildman–Crippen MR) is 57.6 cm³/mol. The number of ketones is 1. The van der Waals surface area contributed by atoms with E-state index in [0.717, 1.165) is 19.3 Å². The van der Waals surface area contributed by atoms with E-state index in [0.29, 0.717) is 18.3 Å². The van der Waals surface area contributed by atoms with Crippen molar-refractivity contribution in [2.45, 2.75) is 38.7 Å². The zero-order valence-corrected chi connectivity index (χ0v) is 9.44. The molecule has 16 heavy (non-hydrogen) atoms.